The van der Waals surface area contributed by atoms with E-state index in [1.54, 1.807) is 0 Å². The van der Waals surface area contributed by atoms with Gasteiger partial charge in [0.25, 0.3) is 0 Å². The van der Waals surface area contributed by atoms with Gasteiger partial charge in [-0.25, -0.2) is 12.6 Å². The number of hydrogen-bond acceptors (Lipinski definition) is 7. The molecule has 0 aliphatic rings. The molecular formula is C21H24ClF3N2O6S2. The minimum absolute atomic E-state index is 0.0300. The van der Waals surface area contributed by atoms with E-state index in [-0.39, 0.29) is 16.3 Å². The van der Waals surface area contributed by atoms with Gasteiger partial charge in [-0.3, -0.25) is 9.57 Å². The summed E-state index contributed by atoms with van der Waals surface area (Å²) in [7, 11) is -7.17. The number of carboxylic acids is 1. The van der Waals surface area contributed by atoms with Gasteiger partial charge in [-0.2, -0.15) is 13.2 Å². The summed E-state index contributed by atoms with van der Waals surface area (Å²) in [6.45, 7) is 0. The van der Waals surface area contributed by atoms with Crippen molar-refractivity contribution in [2.75, 3.05) is 17.8 Å². The van der Waals surface area contributed by atoms with Gasteiger partial charge in [0.1, 0.15) is 6.04 Å². The van der Waals surface area contributed by atoms with Crippen molar-refractivity contribution >= 4 is 37.1 Å². The van der Waals surface area contributed by atoms with Gasteiger partial charge in [-0.05, 0) is 29.7 Å². The van der Waals surface area contributed by atoms with E-state index in [1.165, 1.54) is 30.3 Å². The number of sulfone groups is 1. The van der Waals surface area contributed by atoms with Gasteiger partial charge in [-0.15, -0.1) is 0 Å². The van der Waals surface area contributed by atoms with Gasteiger partial charge in [0, 0.05) is 44.5 Å². The second kappa shape index (κ2) is 10.4. The highest BCUT2D eigenvalue weighted by molar-refractivity contribution is 7.92. The third kappa shape index (κ3) is 7.17. The first-order chi connectivity index (χ1) is 15.9. The number of carboxylic acid groups (broad SMARTS) is 1. The van der Waals surface area contributed by atoms with Gasteiger partial charge in [-0.1, -0.05) is 41.9 Å². The van der Waals surface area contributed by atoms with Gasteiger partial charge in [0.15, 0.2) is 15.4 Å². The number of nitrogens with two attached hydrogens (primary N) is 1. The van der Waals surface area contributed by atoms with E-state index in [1.807, 2.05) is 0 Å². The maximum atomic E-state index is 13.8. The second-order valence-corrected chi connectivity index (χ2v) is 12.9. The fourth-order valence-electron chi connectivity index (χ4n) is 3.19. The van der Waals surface area contributed by atoms with E-state index in [4.69, 9.17) is 27.2 Å². The Morgan fingerprint density at radius 3 is 2.14 bits per heavy atom. The van der Waals surface area contributed by atoms with Gasteiger partial charge < -0.3 is 15.9 Å². The van der Waals surface area contributed by atoms with Crippen molar-refractivity contribution in [2.45, 2.75) is 35.6 Å². The molecule has 0 aromatic heterocycles. The lowest BCUT2D eigenvalue weighted by Crippen LogP contribution is -2.44. The van der Waals surface area contributed by atoms with E-state index in [0.29, 0.717) is 11.1 Å². The van der Waals surface area contributed by atoms with Gasteiger partial charge in [0.2, 0.25) is 0 Å². The van der Waals surface area contributed by atoms with Crippen LogP contribution in [0.2, 0.25) is 5.02 Å². The molecule has 14 heteroatoms. The fourth-order valence-corrected chi connectivity index (χ4v) is 5.66. The average molecular weight is 557 g/mol. The van der Waals surface area contributed by atoms with E-state index in [2.05, 4.69) is 0 Å². The number of carbonyl (C=O) groups is 1. The molecule has 0 saturated heterocycles. The molecule has 2 aromatic carbocycles. The van der Waals surface area contributed by atoms with Crippen molar-refractivity contribution in [3.63, 3.8) is 0 Å². The van der Waals surface area contributed by atoms with E-state index < -0.39 is 66.8 Å². The highest BCUT2D eigenvalue weighted by atomic mass is 35.5. The van der Waals surface area contributed by atoms with Gasteiger partial charge >= 0.3 is 12.1 Å². The minimum atomic E-state index is -5.17. The molecule has 2 unspecified atom stereocenters. The topological polar surface area (TPSA) is 159 Å². The van der Waals surface area contributed by atoms with Crippen molar-refractivity contribution < 1.29 is 40.8 Å². The zero-order valence-corrected chi connectivity index (χ0v) is 20.8. The van der Waals surface area contributed by atoms with Crippen molar-refractivity contribution in [3.8, 4) is 11.1 Å². The molecule has 0 aliphatic carbocycles. The molecule has 0 saturated carbocycles. The lowest BCUT2D eigenvalue weighted by molar-refractivity contribution is -0.267. The molecule has 0 fully saturated rings. The van der Waals surface area contributed by atoms with Crippen LogP contribution < -0.4 is 5.73 Å². The van der Waals surface area contributed by atoms with Crippen molar-refractivity contribution in [1.82, 2.24) is 0 Å². The lowest BCUT2D eigenvalue weighted by atomic mass is 9.89. The SMILES string of the molecule is CS(=O)(=O)c1ccc(-c2ccc(C(O)(CCS(=N)(=O)CC[C@H](N)C(=O)O)C(F)(F)F)cc2)c(Cl)c1. The molecule has 0 heterocycles. The van der Waals surface area contributed by atoms with Crippen LogP contribution in [0.4, 0.5) is 13.2 Å². The predicted octanol–water partition coefficient (Wildman–Crippen LogP) is 3.40. The number of hydrogen-bond donors (Lipinski definition) is 4. The normalized spacial score (nSPS) is 16.8. The Morgan fingerprint density at radius 2 is 1.69 bits per heavy atom. The number of rotatable bonds is 10. The van der Waals surface area contributed by atoms with Crippen LogP contribution in [0.3, 0.4) is 0 Å². The summed E-state index contributed by atoms with van der Waals surface area (Å²) in [5, 5.41) is 19.4. The van der Waals surface area contributed by atoms with Crippen LogP contribution in [0.15, 0.2) is 47.4 Å². The third-order valence-electron chi connectivity index (χ3n) is 5.38. The third-order valence-corrected chi connectivity index (χ3v) is 8.56. The number of aliphatic carboxylic acids is 1. The lowest BCUT2D eigenvalue weighted by Gasteiger charge is -2.31. The first-order valence-corrected chi connectivity index (χ1v) is 14.2. The maximum absolute atomic E-state index is 13.8. The Morgan fingerprint density at radius 1 is 1.11 bits per heavy atom. The Hall–Kier alpha value is -2.19. The summed E-state index contributed by atoms with van der Waals surface area (Å²) in [5.74, 6) is -2.76. The van der Waals surface area contributed by atoms with E-state index in [0.717, 1.165) is 18.4 Å². The Kier molecular flexibility index (Phi) is 8.65. The van der Waals surface area contributed by atoms with E-state index in [9.17, 15) is 35.7 Å². The van der Waals surface area contributed by atoms with Crippen LogP contribution in [0.25, 0.3) is 11.1 Å². The van der Waals surface area contributed by atoms with Crippen LogP contribution in [-0.4, -0.2) is 58.8 Å². The molecule has 0 amide bonds. The molecule has 0 radical (unpaired) electrons. The Labute approximate surface area is 205 Å². The molecule has 8 nitrogen and oxygen atoms in total. The van der Waals surface area contributed by atoms with Crippen LogP contribution in [0.1, 0.15) is 18.4 Å². The molecule has 0 spiro atoms. The number of nitrogens with one attached hydrogen (secondary N) is 1. The smallest absolute Gasteiger partial charge is 0.421 e. The zero-order chi connectivity index (χ0) is 26.8. The summed E-state index contributed by atoms with van der Waals surface area (Å²) in [6, 6.07) is 7.06. The highest BCUT2D eigenvalue weighted by Gasteiger charge is 2.54. The van der Waals surface area contributed by atoms with Crippen molar-refractivity contribution in [3.05, 3.63) is 53.1 Å². The molecular weight excluding hydrogens is 533 g/mol. The quantitative estimate of drug-likeness (QED) is 0.349. The van der Waals surface area contributed by atoms with Crippen LogP contribution in [0, 0.1) is 4.78 Å². The standard InChI is InChI=1S/C21H24ClF3N2O6S2/c1-34(31,32)15-6-7-16(17(22)12-15)13-2-4-14(5-3-13)20(30,21(23,24)25)9-11-35(27,33)10-8-18(26)19(28)29/h2-7,12,18,27,30H,8-11,26H2,1H3,(H,28,29)/t18-,20?,35?/m0/s1. The molecule has 5 N–H and O–H groups in total. The Balaban J connectivity index is 2.31. The molecule has 0 bridgehead atoms. The number of benzene rings is 2. The van der Waals surface area contributed by atoms with Crippen molar-refractivity contribution in [1.29, 1.82) is 4.78 Å². The summed E-state index contributed by atoms with van der Waals surface area (Å²) in [6.07, 6.45) is -5.63. The number of alkyl halides is 3. The molecule has 3 atom stereocenters. The predicted molar refractivity (Wildman–Crippen MR) is 125 cm³/mol. The fraction of sp³-hybridized carbons (Fsp3) is 0.381. The summed E-state index contributed by atoms with van der Waals surface area (Å²) >= 11 is 6.15. The molecule has 35 heavy (non-hydrogen) atoms. The summed E-state index contributed by atoms with van der Waals surface area (Å²) in [5.41, 5.74) is 2.02. The highest BCUT2D eigenvalue weighted by Crippen LogP contribution is 2.43. The van der Waals surface area contributed by atoms with Crippen LogP contribution in [0.5, 0.6) is 0 Å². The molecule has 194 valence electrons. The van der Waals surface area contributed by atoms with Gasteiger partial charge in [0.05, 0.1) is 4.90 Å². The van der Waals surface area contributed by atoms with E-state index >= 15 is 0 Å². The molecule has 2 rings (SSSR count). The average Bonchev–Trinajstić information content (AvgIpc) is 2.74. The monoisotopic (exact) mass is 556 g/mol. The largest absolute Gasteiger partial charge is 0.480 e. The van der Waals surface area contributed by atoms with Crippen LogP contribution >= 0.6 is 11.6 Å². The second-order valence-electron chi connectivity index (χ2n) is 8.05. The van der Waals surface area contributed by atoms with Crippen LogP contribution in [-0.2, 0) is 30.0 Å². The first-order valence-electron chi connectivity index (χ1n) is 9.99. The minimum Gasteiger partial charge on any atom is -0.480 e. The Bertz CT molecular complexity index is 1300. The number of aliphatic hydroxyl groups is 1. The van der Waals surface area contributed by atoms with Crippen molar-refractivity contribution in [2.24, 2.45) is 5.73 Å². The maximum Gasteiger partial charge on any atom is 0.421 e. The summed E-state index contributed by atoms with van der Waals surface area (Å²) in [4.78, 5) is 10.7. The summed E-state index contributed by atoms with van der Waals surface area (Å²) < 4.78 is 85.0. The first kappa shape index (κ1) is 29.0. The molecule has 2 aromatic rings. The molecule has 0 aliphatic heterocycles. The number of halogens is 4. The zero-order valence-electron chi connectivity index (χ0n) is 18.4.